The van der Waals surface area contributed by atoms with E-state index in [0.717, 1.165) is 85.1 Å². The number of phenols is 1. The molecule has 0 saturated carbocycles. The first kappa shape index (κ1) is 22.9. The molecule has 0 atom stereocenters. The fraction of sp³-hybridized carbons (Fsp3) is 0.435. The molecule has 0 spiro atoms. The summed E-state index contributed by atoms with van der Waals surface area (Å²) in [5.41, 5.74) is 2.99. The number of benzene rings is 2. The van der Waals surface area contributed by atoms with E-state index >= 15 is 0 Å². The summed E-state index contributed by atoms with van der Waals surface area (Å²) in [7, 11) is 0. The molecule has 0 aliphatic rings. The quantitative estimate of drug-likeness (QED) is 0.324. The van der Waals surface area contributed by atoms with E-state index in [1.165, 1.54) is 5.56 Å². The van der Waals surface area contributed by atoms with Crippen molar-refractivity contribution >= 4 is 33.3 Å². The van der Waals surface area contributed by atoms with Gasteiger partial charge in [0.15, 0.2) is 0 Å². The molecule has 0 aliphatic heterocycles. The summed E-state index contributed by atoms with van der Waals surface area (Å²) in [4.78, 5) is 14.1. The first-order chi connectivity index (χ1) is 14.7. The van der Waals surface area contributed by atoms with Crippen molar-refractivity contribution in [1.82, 2.24) is 10.3 Å². The number of hydrogen-bond donors (Lipinski definition) is 3. The molecule has 0 saturated heterocycles. The van der Waals surface area contributed by atoms with Gasteiger partial charge in [0.25, 0.3) is 0 Å². The van der Waals surface area contributed by atoms with Gasteiger partial charge >= 0.3 is 4.87 Å². The zero-order chi connectivity index (χ0) is 21.0. The lowest BCUT2D eigenvalue weighted by Gasteiger charge is -2.07. The molecule has 5 nitrogen and oxygen atoms in total. The van der Waals surface area contributed by atoms with Crippen LogP contribution in [-0.4, -0.2) is 47.9 Å². The number of hydrogen-bond acceptors (Lipinski definition) is 6. The van der Waals surface area contributed by atoms with Gasteiger partial charge < -0.3 is 20.1 Å². The minimum absolute atomic E-state index is 0.126. The summed E-state index contributed by atoms with van der Waals surface area (Å²) in [5.74, 6) is 2.43. The molecule has 0 bridgehead atoms. The molecule has 3 N–H and O–H groups in total. The number of ether oxygens (including phenoxy) is 1. The van der Waals surface area contributed by atoms with Gasteiger partial charge in [0.05, 0.1) is 11.3 Å². The number of thiazole rings is 1. The van der Waals surface area contributed by atoms with Gasteiger partial charge in [-0.05, 0) is 67.5 Å². The smallest absolute Gasteiger partial charge is 0.305 e. The molecule has 0 radical (unpaired) electrons. The number of aromatic nitrogens is 1. The van der Waals surface area contributed by atoms with Gasteiger partial charge in [-0.3, -0.25) is 4.79 Å². The summed E-state index contributed by atoms with van der Waals surface area (Å²) in [6.45, 7) is 3.49. The van der Waals surface area contributed by atoms with Crippen LogP contribution in [0.4, 0.5) is 0 Å². The van der Waals surface area contributed by atoms with Crippen LogP contribution in [0.2, 0.25) is 0 Å². The number of aromatic hydroxyl groups is 1. The fourth-order valence-corrected chi connectivity index (χ4v) is 4.99. The first-order valence-electron chi connectivity index (χ1n) is 10.5. The minimum Gasteiger partial charge on any atom is -0.506 e. The van der Waals surface area contributed by atoms with E-state index in [9.17, 15) is 9.90 Å². The highest BCUT2D eigenvalue weighted by Gasteiger charge is 2.09. The number of rotatable bonds is 14. The van der Waals surface area contributed by atoms with Crippen molar-refractivity contribution in [3.8, 4) is 5.75 Å². The fourth-order valence-electron chi connectivity index (χ4n) is 3.22. The highest BCUT2D eigenvalue weighted by molar-refractivity contribution is 7.99. The van der Waals surface area contributed by atoms with Crippen molar-refractivity contribution < 1.29 is 9.84 Å². The lowest BCUT2D eigenvalue weighted by molar-refractivity contribution is 0.138. The second-order valence-electron chi connectivity index (χ2n) is 7.13. The molecule has 0 unspecified atom stereocenters. The Morgan fingerprint density at radius 1 is 1.00 bits per heavy atom. The molecular formula is C23H30N2O3S2. The second kappa shape index (κ2) is 12.8. The molecule has 7 heteroatoms. The van der Waals surface area contributed by atoms with Gasteiger partial charge in [0.1, 0.15) is 11.3 Å². The molecule has 1 heterocycles. The molecule has 162 valence electrons. The van der Waals surface area contributed by atoms with Crippen LogP contribution in [0.3, 0.4) is 0 Å². The Morgan fingerprint density at radius 2 is 1.83 bits per heavy atom. The summed E-state index contributed by atoms with van der Waals surface area (Å²) in [5, 5.41) is 13.3. The highest BCUT2D eigenvalue weighted by Crippen LogP contribution is 2.27. The Balaban J connectivity index is 1.16. The second-order valence-corrected chi connectivity index (χ2v) is 9.34. The molecule has 1 aromatic heterocycles. The number of H-pyrrole nitrogens is 1. The average Bonchev–Trinajstić information content (AvgIpc) is 3.16. The summed E-state index contributed by atoms with van der Waals surface area (Å²) in [6.07, 6.45) is 4.07. The van der Waals surface area contributed by atoms with Crippen LogP contribution in [0.5, 0.6) is 5.75 Å². The van der Waals surface area contributed by atoms with Gasteiger partial charge in [-0.15, -0.1) is 0 Å². The zero-order valence-electron chi connectivity index (χ0n) is 17.2. The Kier molecular flexibility index (Phi) is 9.76. The third-order valence-electron chi connectivity index (χ3n) is 4.81. The first-order valence-corrected chi connectivity index (χ1v) is 12.4. The summed E-state index contributed by atoms with van der Waals surface area (Å²) >= 11 is 3.15. The van der Waals surface area contributed by atoms with Gasteiger partial charge in [-0.1, -0.05) is 47.7 Å². The van der Waals surface area contributed by atoms with Crippen molar-refractivity contribution in [1.29, 1.82) is 0 Å². The van der Waals surface area contributed by atoms with Crippen LogP contribution in [-0.2, 0) is 17.6 Å². The molecule has 3 aromatic rings. The molecular weight excluding hydrogens is 416 g/mol. The monoisotopic (exact) mass is 446 g/mol. The normalized spacial score (nSPS) is 11.3. The van der Waals surface area contributed by atoms with E-state index in [0.29, 0.717) is 5.52 Å². The van der Waals surface area contributed by atoms with Gasteiger partial charge in [-0.2, -0.15) is 11.8 Å². The minimum atomic E-state index is -0.126. The van der Waals surface area contributed by atoms with E-state index in [4.69, 9.17) is 4.74 Å². The van der Waals surface area contributed by atoms with Crippen LogP contribution in [0.15, 0.2) is 47.3 Å². The molecule has 0 aliphatic carbocycles. The van der Waals surface area contributed by atoms with Gasteiger partial charge in [0.2, 0.25) is 0 Å². The van der Waals surface area contributed by atoms with Crippen molar-refractivity contribution in [2.75, 3.05) is 37.8 Å². The largest absolute Gasteiger partial charge is 0.506 e. The SMILES string of the molecule is O=c1[nH]c2c(O)ccc(CCNCCCSCCCOCCc3ccccc3)c2s1. The van der Waals surface area contributed by atoms with Crippen molar-refractivity contribution in [2.45, 2.75) is 25.7 Å². The molecule has 2 aromatic carbocycles. The number of phenolic OH excluding ortho intramolecular Hbond substituents is 1. The van der Waals surface area contributed by atoms with Crippen LogP contribution in [0.1, 0.15) is 24.0 Å². The van der Waals surface area contributed by atoms with Crippen molar-refractivity contribution in [2.24, 2.45) is 0 Å². The predicted molar refractivity (Wildman–Crippen MR) is 128 cm³/mol. The maximum absolute atomic E-state index is 11.6. The molecule has 0 fully saturated rings. The van der Waals surface area contributed by atoms with Crippen LogP contribution < -0.4 is 10.2 Å². The van der Waals surface area contributed by atoms with E-state index < -0.39 is 0 Å². The van der Waals surface area contributed by atoms with E-state index in [1.807, 2.05) is 23.9 Å². The predicted octanol–water partition coefficient (Wildman–Crippen LogP) is 4.20. The Bertz CT molecular complexity index is 941. The lowest BCUT2D eigenvalue weighted by Crippen LogP contribution is -2.19. The molecule has 30 heavy (non-hydrogen) atoms. The number of thioether (sulfide) groups is 1. The van der Waals surface area contributed by atoms with E-state index in [1.54, 1.807) is 6.07 Å². The third-order valence-corrected chi connectivity index (χ3v) is 6.92. The maximum atomic E-state index is 11.6. The van der Waals surface area contributed by atoms with Crippen molar-refractivity contribution in [3.63, 3.8) is 0 Å². The van der Waals surface area contributed by atoms with Crippen LogP contribution in [0.25, 0.3) is 10.2 Å². The van der Waals surface area contributed by atoms with Gasteiger partial charge in [0, 0.05) is 6.61 Å². The summed E-state index contributed by atoms with van der Waals surface area (Å²) < 4.78 is 6.58. The third kappa shape index (κ3) is 7.47. The Hall–Kier alpha value is -1.80. The van der Waals surface area contributed by atoms with Crippen molar-refractivity contribution in [3.05, 3.63) is 63.3 Å². The van der Waals surface area contributed by atoms with Crippen LogP contribution in [0, 0.1) is 0 Å². The molecule has 3 rings (SSSR count). The molecule has 0 amide bonds. The topological polar surface area (TPSA) is 74.4 Å². The van der Waals surface area contributed by atoms with Crippen LogP contribution >= 0.6 is 23.1 Å². The number of aromatic amines is 1. The highest BCUT2D eigenvalue weighted by atomic mass is 32.2. The zero-order valence-corrected chi connectivity index (χ0v) is 18.8. The maximum Gasteiger partial charge on any atom is 0.305 e. The Morgan fingerprint density at radius 3 is 2.70 bits per heavy atom. The number of nitrogens with one attached hydrogen (secondary N) is 2. The standard InChI is InChI=1S/C23H30N2O3S2/c26-20-9-8-19(22-21(20)25-23(27)30-22)10-13-24-12-4-16-29-17-5-14-28-15-11-18-6-2-1-3-7-18/h1-3,6-9,24,26H,4-5,10-17H2,(H,25,27). The lowest BCUT2D eigenvalue weighted by atomic mass is 10.1. The van der Waals surface area contributed by atoms with Gasteiger partial charge in [-0.25, -0.2) is 0 Å². The van der Waals surface area contributed by atoms with E-state index in [-0.39, 0.29) is 10.6 Å². The average molecular weight is 447 g/mol. The summed E-state index contributed by atoms with van der Waals surface area (Å²) in [6, 6.07) is 14.0. The number of fused-ring (bicyclic) bond motifs is 1. The van der Waals surface area contributed by atoms with E-state index in [2.05, 4.69) is 34.6 Å². The Labute approximate surface area is 185 Å².